The SMILES string of the molecule is CCC(C)N1CC[C@@H](C)C1(C)O. The van der Waals surface area contributed by atoms with Gasteiger partial charge in [-0.1, -0.05) is 13.8 Å². The van der Waals surface area contributed by atoms with E-state index in [1.165, 1.54) is 0 Å². The molecule has 0 aromatic heterocycles. The van der Waals surface area contributed by atoms with Crippen LogP contribution in [0.15, 0.2) is 0 Å². The van der Waals surface area contributed by atoms with E-state index in [-0.39, 0.29) is 0 Å². The molecule has 0 saturated carbocycles. The van der Waals surface area contributed by atoms with Crippen molar-refractivity contribution in [2.45, 2.75) is 52.3 Å². The minimum Gasteiger partial charge on any atom is -0.376 e. The quantitative estimate of drug-likeness (QED) is 0.685. The number of hydrogen-bond acceptors (Lipinski definition) is 2. The smallest absolute Gasteiger partial charge is 0.118 e. The molecule has 12 heavy (non-hydrogen) atoms. The standard InChI is InChI=1S/C10H21NO/c1-5-9(3)11-7-6-8(2)10(11,4)12/h8-9,12H,5-7H2,1-4H3/t8-,9?,10?/m1/s1. The maximum absolute atomic E-state index is 10.2. The highest BCUT2D eigenvalue weighted by Crippen LogP contribution is 2.34. The van der Waals surface area contributed by atoms with Crippen LogP contribution in [0.2, 0.25) is 0 Å². The van der Waals surface area contributed by atoms with Crippen molar-refractivity contribution in [3.8, 4) is 0 Å². The largest absolute Gasteiger partial charge is 0.376 e. The van der Waals surface area contributed by atoms with Crippen molar-refractivity contribution in [3.05, 3.63) is 0 Å². The van der Waals surface area contributed by atoms with Gasteiger partial charge >= 0.3 is 0 Å². The van der Waals surface area contributed by atoms with Gasteiger partial charge < -0.3 is 5.11 Å². The molecule has 1 fully saturated rings. The Kier molecular flexibility index (Phi) is 2.79. The van der Waals surface area contributed by atoms with E-state index in [0.29, 0.717) is 12.0 Å². The summed E-state index contributed by atoms with van der Waals surface area (Å²) in [5.74, 6) is 0.409. The van der Waals surface area contributed by atoms with E-state index in [0.717, 1.165) is 19.4 Å². The molecule has 2 nitrogen and oxygen atoms in total. The second-order valence-electron chi connectivity index (χ2n) is 4.23. The number of rotatable bonds is 2. The van der Waals surface area contributed by atoms with Gasteiger partial charge in [-0.05, 0) is 32.6 Å². The van der Waals surface area contributed by atoms with Gasteiger partial charge in [0.05, 0.1) is 0 Å². The first-order valence-electron chi connectivity index (χ1n) is 4.99. The average Bonchev–Trinajstić information content (AvgIpc) is 2.27. The van der Waals surface area contributed by atoms with Crippen LogP contribution in [0.1, 0.15) is 40.5 Å². The third-order valence-electron chi connectivity index (χ3n) is 3.44. The summed E-state index contributed by atoms with van der Waals surface area (Å²) in [5.41, 5.74) is -0.574. The molecule has 0 aromatic carbocycles. The molecule has 0 aliphatic carbocycles. The molecule has 0 amide bonds. The minimum atomic E-state index is -0.574. The van der Waals surface area contributed by atoms with Crippen molar-refractivity contribution < 1.29 is 5.11 Å². The highest BCUT2D eigenvalue weighted by molar-refractivity contribution is 4.90. The fraction of sp³-hybridized carbons (Fsp3) is 1.00. The lowest BCUT2D eigenvalue weighted by Crippen LogP contribution is -2.48. The third-order valence-corrected chi connectivity index (χ3v) is 3.44. The highest BCUT2D eigenvalue weighted by atomic mass is 16.3. The Morgan fingerprint density at radius 2 is 2.25 bits per heavy atom. The van der Waals surface area contributed by atoms with E-state index in [1.54, 1.807) is 0 Å². The van der Waals surface area contributed by atoms with Crippen LogP contribution >= 0.6 is 0 Å². The van der Waals surface area contributed by atoms with E-state index in [1.807, 2.05) is 6.92 Å². The molecule has 2 unspecified atom stereocenters. The van der Waals surface area contributed by atoms with Crippen molar-refractivity contribution in [1.29, 1.82) is 0 Å². The molecule has 1 aliphatic heterocycles. The molecule has 0 bridgehead atoms. The molecule has 0 spiro atoms. The van der Waals surface area contributed by atoms with Gasteiger partial charge in [0.25, 0.3) is 0 Å². The molecule has 1 N–H and O–H groups in total. The Balaban J connectivity index is 2.67. The Labute approximate surface area is 75.6 Å². The van der Waals surface area contributed by atoms with Gasteiger partial charge in [0.1, 0.15) is 5.72 Å². The summed E-state index contributed by atoms with van der Waals surface area (Å²) < 4.78 is 0. The molecule has 1 rings (SSSR count). The molecule has 2 heteroatoms. The third kappa shape index (κ3) is 1.50. The lowest BCUT2D eigenvalue weighted by atomic mass is 10.00. The van der Waals surface area contributed by atoms with E-state index < -0.39 is 5.72 Å². The maximum Gasteiger partial charge on any atom is 0.118 e. The van der Waals surface area contributed by atoms with Crippen LogP contribution in [0.5, 0.6) is 0 Å². The van der Waals surface area contributed by atoms with Crippen LogP contribution in [0, 0.1) is 5.92 Å². The molecule has 1 saturated heterocycles. The Morgan fingerprint density at radius 1 is 1.67 bits per heavy atom. The fourth-order valence-corrected chi connectivity index (χ4v) is 2.00. The Hall–Kier alpha value is -0.0800. The first-order valence-corrected chi connectivity index (χ1v) is 4.99. The molecule has 0 aromatic rings. The number of aliphatic hydroxyl groups is 1. The van der Waals surface area contributed by atoms with Gasteiger partial charge in [-0.15, -0.1) is 0 Å². The Morgan fingerprint density at radius 3 is 2.58 bits per heavy atom. The zero-order valence-electron chi connectivity index (χ0n) is 8.67. The van der Waals surface area contributed by atoms with Crippen LogP contribution in [-0.2, 0) is 0 Å². The van der Waals surface area contributed by atoms with Gasteiger partial charge in [-0.2, -0.15) is 0 Å². The van der Waals surface area contributed by atoms with Crippen LogP contribution in [0.25, 0.3) is 0 Å². The summed E-state index contributed by atoms with van der Waals surface area (Å²) in [6.45, 7) is 9.47. The molecular weight excluding hydrogens is 150 g/mol. The van der Waals surface area contributed by atoms with E-state index in [4.69, 9.17) is 0 Å². The first-order chi connectivity index (χ1) is 5.50. The van der Waals surface area contributed by atoms with Gasteiger partial charge in [0, 0.05) is 12.6 Å². The molecule has 0 radical (unpaired) electrons. The second kappa shape index (κ2) is 3.35. The van der Waals surface area contributed by atoms with Crippen molar-refractivity contribution >= 4 is 0 Å². The van der Waals surface area contributed by atoms with Gasteiger partial charge in [-0.3, -0.25) is 4.90 Å². The zero-order chi connectivity index (χ0) is 9.35. The van der Waals surface area contributed by atoms with Crippen molar-refractivity contribution in [1.82, 2.24) is 4.90 Å². The maximum atomic E-state index is 10.2. The number of hydrogen-bond donors (Lipinski definition) is 1. The highest BCUT2D eigenvalue weighted by Gasteiger charge is 2.42. The fourth-order valence-electron chi connectivity index (χ4n) is 2.00. The summed E-state index contributed by atoms with van der Waals surface area (Å²) in [7, 11) is 0. The first kappa shape index (κ1) is 10.0. The summed E-state index contributed by atoms with van der Waals surface area (Å²) in [6.07, 6.45) is 2.24. The average molecular weight is 171 g/mol. The van der Waals surface area contributed by atoms with Crippen molar-refractivity contribution in [2.24, 2.45) is 5.92 Å². The lowest BCUT2D eigenvalue weighted by Gasteiger charge is -2.37. The zero-order valence-corrected chi connectivity index (χ0v) is 8.67. The van der Waals surface area contributed by atoms with Gasteiger partial charge in [-0.25, -0.2) is 0 Å². The van der Waals surface area contributed by atoms with Crippen LogP contribution < -0.4 is 0 Å². The summed E-state index contributed by atoms with van der Waals surface area (Å²) in [6, 6.07) is 0.505. The molecule has 1 aliphatic rings. The van der Waals surface area contributed by atoms with Gasteiger partial charge in [0.2, 0.25) is 0 Å². The summed E-state index contributed by atoms with van der Waals surface area (Å²) in [4.78, 5) is 2.22. The Bertz CT molecular complexity index is 156. The van der Waals surface area contributed by atoms with Crippen LogP contribution in [0.3, 0.4) is 0 Å². The topological polar surface area (TPSA) is 23.5 Å². The second-order valence-corrected chi connectivity index (χ2v) is 4.23. The normalized spacial score (nSPS) is 40.2. The summed E-state index contributed by atoms with van der Waals surface area (Å²) in [5, 5.41) is 10.2. The lowest BCUT2D eigenvalue weighted by molar-refractivity contribution is -0.107. The van der Waals surface area contributed by atoms with Crippen LogP contribution in [-0.4, -0.2) is 28.3 Å². The monoisotopic (exact) mass is 171 g/mol. The number of nitrogens with zero attached hydrogens (tertiary/aromatic N) is 1. The van der Waals surface area contributed by atoms with Gasteiger partial charge in [0.15, 0.2) is 0 Å². The predicted molar refractivity (Wildman–Crippen MR) is 50.9 cm³/mol. The van der Waals surface area contributed by atoms with Crippen molar-refractivity contribution in [2.75, 3.05) is 6.54 Å². The van der Waals surface area contributed by atoms with Crippen molar-refractivity contribution in [3.63, 3.8) is 0 Å². The van der Waals surface area contributed by atoms with E-state index in [9.17, 15) is 5.11 Å². The molecule has 1 heterocycles. The van der Waals surface area contributed by atoms with E-state index in [2.05, 4.69) is 25.7 Å². The predicted octanol–water partition coefficient (Wildman–Crippen LogP) is 1.84. The molecular formula is C10H21NO. The van der Waals surface area contributed by atoms with Crippen LogP contribution in [0.4, 0.5) is 0 Å². The van der Waals surface area contributed by atoms with E-state index >= 15 is 0 Å². The molecule has 3 atom stereocenters. The summed E-state index contributed by atoms with van der Waals surface area (Å²) >= 11 is 0. The molecule has 72 valence electrons. The minimum absolute atomic E-state index is 0.409. The number of likely N-dealkylation sites (tertiary alicyclic amines) is 1.